The molecule has 3 rings (SSSR count). The van der Waals surface area contributed by atoms with Crippen molar-refractivity contribution in [1.29, 1.82) is 0 Å². The van der Waals surface area contributed by atoms with E-state index in [1.807, 2.05) is 6.08 Å². The number of nitrogens with zero attached hydrogens (tertiary/aromatic N) is 2. The first-order valence-electron chi connectivity index (χ1n) is 5.94. The molecule has 1 amide bonds. The first-order valence-corrected chi connectivity index (χ1v) is 5.94. The molecule has 6 nitrogen and oxygen atoms in total. The number of pyridine rings is 1. The van der Waals surface area contributed by atoms with Crippen molar-refractivity contribution >= 4 is 17.0 Å². The summed E-state index contributed by atoms with van der Waals surface area (Å²) in [5.74, 6) is -0.612. The van der Waals surface area contributed by atoms with Gasteiger partial charge in [-0.15, -0.1) is 0 Å². The molecular weight excluding hydrogens is 246 g/mol. The highest BCUT2D eigenvalue weighted by Crippen LogP contribution is 2.28. The maximum atomic E-state index is 11.2. The average Bonchev–Trinajstić information content (AvgIpc) is 2.84. The minimum atomic E-state index is -0.608. The highest BCUT2D eigenvalue weighted by molar-refractivity contribution is 6.01. The fourth-order valence-electron chi connectivity index (χ4n) is 2.25. The Morgan fingerprint density at radius 1 is 1.53 bits per heavy atom. The minimum Gasteiger partial charge on any atom is -0.506 e. The van der Waals surface area contributed by atoms with Gasteiger partial charge in [0.2, 0.25) is 0 Å². The molecule has 98 valence electrons. The predicted octanol–water partition coefficient (Wildman–Crippen LogP) is 0.942. The number of ether oxygens (including phenoxy) is 1. The van der Waals surface area contributed by atoms with Crippen molar-refractivity contribution in [3.05, 3.63) is 35.7 Å². The van der Waals surface area contributed by atoms with Gasteiger partial charge in [0.15, 0.2) is 0 Å². The van der Waals surface area contributed by atoms with Gasteiger partial charge in [-0.05, 0) is 23.6 Å². The van der Waals surface area contributed by atoms with E-state index in [1.54, 1.807) is 12.3 Å². The Morgan fingerprint density at radius 3 is 3.05 bits per heavy atom. The topological polar surface area (TPSA) is 89.9 Å². The Hall–Kier alpha value is -2.34. The van der Waals surface area contributed by atoms with Crippen LogP contribution in [0.3, 0.4) is 0 Å². The van der Waals surface area contributed by atoms with Crippen LogP contribution < -0.4 is 5.73 Å². The lowest BCUT2D eigenvalue weighted by Crippen LogP contribution is -2.10. The Morgan fingerprint density at radius 2 is 2.37 bits per heavy atom. The Labute approximate surface area is 109 Å². The number of fused-ring (bicyclic) bond motifs is 1. The number of carbonyl (C=O) groups is 1. The fraction of sp³-hybridized carbons (Fsp3) is 0.231. The number of aromatic nitrogens is 2. The van der Waals surface area contributed by atoms with Crippen LogP contribution in [-0.2, 0) is 4.74 Å². The standard InChI is InChI=1S/C13H13N3O3/c14-13(18)10-6-15-16-7-9(5-11(17)12(10)16)8-1-3-19-4-2-8/h1,5-7,17H,2-4H2,(H2,14,18). The predicted molar refractivity (Wildman–Crippen MR) is 68.8 cm³/mol. The van der Waals surface area contributed by atoms with E-state index in [0.717, 1.165) is 17.6 Å². The van der Waals surface area contributed by atoms with Crippen LogP contribution in [0.2, 0.25) is 0 Å². The van der Waals surface area contributed by atoms with Gasteiger partial charge in [-0.25, -0.2) is 4.52 Å². The van der Waals surface area contributed by atoms with Crippen LogP contribution in [0.15, 0.2) is 24.5 Å². The third kappa shape index (κ3) is 1.96. The van der Waals surface area contributed by atoms with Crippen LogP contribution in [-0.4, -0.2) is 33.8 Å². The zero-order valence-corrected chi connectivity index (χ0v) is 10.2. The van der Waals surface area contributed by atoms with Crippen LogP contribution in [0.1, 0.15) is 22.3 Å². The first kappa shape index (κ1) is 11.7. The molecule has 6 heteroatoms. The minimum absolute atomic E-state index is 0.00353. The largest absolute Gasteiger partial charge is 0.506 e. The third-order valence-electron chi connectivity index (χ3n) is 3.19. The third-order valence-corrected chi connectivity index (χ3v) is 3.19. The van der Waals surface area contributed by atoms with E-state index < -0.39 is 5.91 Å². The zero-order valence-electron chi connectivity index (χ0n) is 10.2. The Bertz CT molecular complexity index is 688. The van der Waals surface area contributed by atoms with Gasteiger partial charge in [-0.2, -0.15) is 5.10 Å². The zero-order chi connectivity index (χ0) is 13.4. The van der Waals surface area contributed by atoms with Crippen molar-refractivity contribution in [1.82, 2.24) is 9.61 Å². The van der Waals surface area contributed by atoms with Crippen molar-refractivity contribution in [2.75, 3.05) is 13.2 Å². The lowest BCUT2D eigenvalue weighted by molar-refractivity contribution is 0.100. The summed E-state index contributed by atoms with van der Waals surface area (Å²) in [4.78, 5) is 11.2. The van der Waals surface area contributed by atoms with Crippen molar-refractivity contribution in [3.63, 3.8) is 0 Å². The van der Waals surface area contributed by atoms with Crippen molar-refractivity contribution in [2.45, 2.75) is 6.42 Å². The molecule has 0 atom stereocenters. The van der Waals surface area contributed by atoms with Gasteiger partial charge in [-0.3, -0.25) is 4.79 Å². The van der Waals surface area contributed by atoms with E-state index in [2.05, 4.69) is 5.10 Å². The van der Waals surface area contributed by atoms with Crippen molar-refractivity contribution in [3.8, 4) is 5.75 Å². The molecule has 0 aromatic carbocycles. The van der Waals surface area contributed by atoms with E-state index in [4.69, 9.17) is 10.5 Å². The van der Waals surface area contributed by atoms with Gasteiger partial charge in [0, 0.05) is 6.20 Å². The molecular formula is C13H13N3O3. The molecule has 3 N–H and O–H groups in total. The summed E-state index contributed by atoms with van der Waals surface area (Å²) < 4.78 is 6.73. The number of hydrogen-bond donors (Lipinski definition) is 2. The van der Waals surface area contributed by atoms with E-state index in [-0.39, 0.29) is 11.3 Å². The smallest absolute Gasteiger partial charge is 0.252 e. The molecule has 0 radical (unpaired) electrons. The lowest BCUT2D eigenvalue weighted by atomic mass is 10.0. The van der Waals surface area contributed by atoms with Crippen LogP contribution in [0.25, 0.3) is 11.1 Å². The molecule has 2 aromatic rings. The number of amides is 1. The maximum Gasteiger partial charge on any atom is 0.252 e. The van der Waals surface area contributed by atoms with Gasteiger partial charge in [0.05, 0.1) is 25.0 Å². The van der Waals surface area contributed by atoms with E-state index in [1.165, 1.54) is 10.7 Å². The number of hydrogen-bond acceptors (Lipinski definition) is 4. The second-order valence-corrected chi connectivity index (χ2v) is 4.38. The second kappa shape index (κ2) is 4.40. The van der Waals surface area contributed by atoms with Gasteiger partial charge < -0.3 is 15.6 Å². The lowest BCUT2D eigenvalue weighted by Gasteiger charge is -2.14. The van der Waals surface area contributed by atoms with Crippen LogP contribution in [0.4, 0.5) is 0 Å². The maximum absolute atomic E-state index is 11.2. The second-order valence-electron chi connectivity index (χ2n) is 4.38. The summed E-state index contributed by atoms with van der Waals surface area (Å²) in [7, 11) is 0. The molecule has 2 aromatic heterocycles. The van der Waals surface area contributed by atoms with Gasteiger partial charge in [0.1, 0.15) is 11.3 Å². The average molecular weight is 259 g/mol. The molecule has 1 aliphatic rings. The Kier molecular flexibility index (Phi) is 2.72. The van der Waals surface area contributed by atoms with Crippen LogP contribution >= 0.6 is 0 Å². The van der Waals surface area contributed by atoms with E-state index >= 15 is 0 Å². The molecule has 3 heterocycles. The number of rotatable bonds is 2. The summed E-state index contributed by atoms with van der Waals surface area (Å²) >= 11 is 0. The summed E-state index contributed by atoms with van der Waals surface area (Å²) in [5, 5.41) is 14.1. The number of nitrogens with two attached hydrogens (primary N) is 1. The van der Waals surface area contributed by atoms with Crippen LogP contribution in [0.5, 0.6) is 5.75 Å². The molecule has 0 unspecified atom stereocenters. The molecule has 0 spiro atoms. The monoisotopic (exact) mass is 259 g/mol. The Balaban J connectivity index is 2.15. The molecule has 0 bridgehead atoms. The number of primary amides is 1. The fourth-order valence-corrected chi connectivity index (χ4v) is 2.25. The van der Waals surface area contributed by atoms with Gasteiger partial charge in [0.25, 0.3) is 5.91 Å². The number of carbonyl (C=O) groups excluding carboxylic acids is 1. The highest BCUT2D eigenvalue weighted by atomic mass is 16.5. The van der Waals surface area contributed by atoms with E-state index in [0.29, 0.717) is 18.7 Å². The van der Waals surface area contributed by atoms with Crippen LogP contribution in [0, 0.1) is 0 Å². The first-order chi connectivity index (χ1) is 9.16. The quantitative estimate of drug-likeness (QED) is 0.840. The molecule has 0 fully saturated rings. The summed E-state index contributed by atoms with van der Waals surface area (Å²) in [5.41, 5.74) is 7.76. The summed E-state index contributed by atoms with van der Waals surface area (Å²) in [6.45, 7) is 1.23. The molecule has 0 saturated heterocycles. The van der Waals surface area contributed by atoms with Gasteiger partial charge in [-0.1, -0.05) is 6.08 Å². The molecule has 0 aliphatic carbocycles. The summed E-state index contributed by atoms with van der Waals surface area (Å²) in [6, 6.07) is 1.63. The van der Waals surface area contributed by atoms with Gasteiger partial charge >= 0.3 is 0 Å². The molecule has 1 aliphatic heterocycles. The highest BCUT2D eigenvalue weighted by Gasteiger charge is 2.16. The van der Waals surface area contributed by atoms with Crippen molar-refractivity contribution in [2.24, 2.45) is 5.73 Å². The van der Waals surface area contributed by atoms with Crippen molar-refractivity contribution < 1.29 is 14.6 Å². The summed E-state index contributed by atoms with van der Waals surface area (Å²) in [6.07, 6.45) is 5.90. The normalized spacial score (nSPS) is 15.5. The van der Waals surface area contributed by atoms with E-state index in [9.17, 15) is 9.90 Å². The number of aromatic hydroxyl groups is 1. The molecule has 0 saturated carbocycles. The molecule has 19 heavy (non-hydrogen) atoms. The SMILES string of the molecule is NC(=O)c1cnn2cc(C3=CCOCC3)cc(O)c12.